The number of nitrogens with two attached hydrogens (primary N) is 1. The first-order valence-corrected chi connectivity index (χ1v) is 7.68. The van der Waals surface area contributed by atoms with Crippen LogP contribution in [0.25, 0.3) is 10.9 Å². The van der Waals surface area contributed by atoms with Gasteiger partial charge in [-0.25, -0.2) is 0 Å². The normalized spacial score (nSPS) is 27.2. The van der Waals surface area contributed by atoms with Gasteiger partial charge in [0.2, 0.25) is 0 Å². The van der Waals surface area contributed by atoms with E-state index in [-0.39, 0.29) is 0 Å². The SMILES string of the molecule is NCC1CCN(C2CC2)C1c1cccc2cccnc12. The van der Waals surface area contributed by atoms with Crippen LogP contribution in [0.2, 0.25) is 0 Å². The number of benzene rings is 1. The minimum atomic E-state index is 0.464. The summed E-state index contributed by atoms with van der Waals surface area (Å²) in [7, 11) is 0. The Morgan fingerprint density at radius 3 is 2.80 bits per heavy atom. The molecule has 1 aliphatic carbocycles. The molecule has 3 heteroatoms. The highest BCUT2D eigenvalue weighted by Gasteiger charge is 2.42. The predicted octanol–water partition coefficient (Wildman–Crippen LogP) is 2.72. The second-order valence-corrected chi connectivity index (χ2v) is 6.12. The summed E-state index contributed by atoms with van der Waals surface area (Å²) in [5.41, 5.74) is 8.58. The number of hydrogen-bond donors (Lipinski definition) is 1. The number of hydrogen-bond acceptors (Lipinski definition) is 3. The van der Waals surface area contributed by atoms with E-state index in [9.17, 15) is 0 Å². The molecule has 2 unspecified atom stereocenters. The zero-order valence-electron chi connectivity index (χ0n) is 11.7. The number of aromatic nitrogens is 1. The Kier molecular flexibility index (Phi) is 2.97. The number of nitrogens with zero attached hydrogens (tertiary/aromatic N) is 2. The van der Waals surface area contributed by atoms with Crippen LogP contribution in [0.3, 0.4) is 0 Å². The molecule has 3 nitrogen and oxygen atoms in total. The highest BCUT2D eigenvalue weighted by molar-refractivity contribution is 5.82. The summed E-state index contributed by atoms with van der Waals surface area (Å²) in [4.78, 5) is 7.32. The lowest BCUT2D eigenvalue weighted by molar-refractivity contribution is 0.221. The Bertz CT molecular complexity index is 615. The molecule has 2 heterocycles. The van der Waals surface area contributed by atoms with E-state index < -0.39 is 0 Å². The van der Waals surface area contributed by atoms with Gasteiger partial charge in [0.05, 0.1) is 5.52 Å². The van der Waals surface area contributed by atoms with Crippen LogP contribution < -0.4 is 5.73 Å². The van der Waals surface area contributed by atoms with Crippen LogP contribution in [0.4, 0.5) is 0 Å². The minimum absolute atomic E-state index is 0.464. The lowest BCUT2D eigenvalue weighted by Gasteiger charge is -2.28. The van der Waals surface area contributed by atoms with Gasteiger partial charge in [-0.1, -0.05) is 24.3 Å². The van der Waals surface area contributed by atoms with Crippen LogP contribution in [0, 0.1) is 5.92 Å². The molecule has 2 fully saturated rings. The largest absolute Gasteiger partial charge is 0.330 e. The highest BCUT2D eigenvalue weighted by Crippen LogP contribution is 2.45. The molecule has 104 valence electrons. The number of fused-ring (bicyclic) bond motifs is 1. The van der Waals surface area contributed by atoms with Crippen molar-refractivity contribution in [2.45, 2.75) is 31.3 Å². The van der Waals surface area contributed by atoms with E-state index in [2.05, 4.69) is 34.1 Å². The van der Waals surface area contributed by atoms with E-state index in [4.69, 9.17) is 5.73 Å². The van der Waals surface area contributed by atoms with Crippen molar-refractivity contribution in [2.75, 3.05) is 13.1 Å². The first-order valence-electron chi connectivity index (χ1n) is 7.68. The molecule has 4 rings (SSSR count). The summed E-state index contributed by atoms with van der Waals surface area (Å²) in [5.74, 6) is 0.572. The number of rotatable bonds is 3. The van der Waals surface area contributed by atoms with Crippen LogP contribution >= 0.6 is 0 Å². The molecule has 0 spiro atoms. The topological polar surface area (TPSA) is 42.1 Å². The van der Waals surface area contributed by atoms with Crippen molar-refractivity contribution in [1.82, 2.24) is 9.88 Å². The predicted molar refractivity (Wildman–Crippen MR) is 81.4 cm³/mol. The number of pyridine rings is 1. The van der Waals surface area contributed by atoms with Crippen molar-refractivity contribution >= 4 is 10.9 Å². The molecule has 2 aromatic rings. The Morgan fingerprint density at radius 1 is 1.15 bits per heavy atom. The smallest absolute Gasteiger partial charge is 0.0749 e. The fraction of sp³-hybridized carbons (Fsp3) is 0.471. The van der Waals surface area contributed by atoms with E-state index in [1.54, 1.807) is 0 Å². The van der Waals surface area contributed by atoms with Crippen LogP contribution in [-0.2, 0) is 0 Å². The van der Waals surface area contributed by atoms with Gasteiger partial charge in [-0.2, -0.15) is 0 Å². The molecule has 0 bridgehead atoms. The first kappa shape index (κ1) is 12.3. The first-order chi connectivity index (χ1) is 9.88. The number of para-hydroxylation sites is 1. The molecule has 0 amide bonds. The fourth-order valence-corrected chi connectivity index (χ4v) is 3.74. The molecule has 2 atom stereocenters. The third-order valence-corrected chi connectivity index (χ3v) is 4.86. The van der Waals surface area contributed by atoms with Gasteiger partial charge in [0.15, 0.2) is 0 Å². The third kappa shape index (κ3) is 1.93. The summed E-state index contributed by atoms with van der Waals surface area (Å²) in [6, 6.07) is 12.0. The van der Waals surface area contributed by atoms with E-state index in [0.29, 0.717) is 12.0 Å². The van der Waals surface area contributed by atoms with Gasteiger partial charge in [-0.05, 0) is 49.9 Å². The third-order valence-electron chi connectivity index (χ3n) is 4.86. The van der Waals surface area contributed by atoms with Gasteiger partial charge in [-0.15, -0.1) is 0 Å². The summed E-state index contributed by atoms with van der Waals surface area (Å²) < 4.78 is 0. The lowest BCUT2D eigenvalue weighted by Crippen LogP contribution is -2.30. The highest BCUT2D eigenvalue weighted by atomic mass is 15.2. The summed E-state index contributed by atoms with van der Waals surface area (Å²) in [5, 5.41) is 1.24. The quantitative estimate of drug-likeness (QED) is 0.929. The Balaban J connectivity index is 1.83. The second-order valence-electron chi connectivity index (χ2n) is 6.12. The Morgan fingerprint density at radius 2 is 2.00 bits per heavy atom. The number of likely N-dealkylation sites (tertiary alicyclic amines) is 1. The summed E-state index contributed by atoms with van der Waals surface area (Å²) >= 11 is 0. The van der Waals surface area contributed by atoms with Gasteiger partial charge in [0.1, 0.15) is 0 Å². The van der Waals surface area contributed by atoms with Gasteiger partial charge >= 0.3 is 0 Å². The average molecular weight is 267 g/mol. The lowest BCUT2D eigenvalue weighted by atomic mass is 9.92. The second kappa shape index (κ2) is 4.83. The molecule has 1 aliphatic heterocycles. The van der Waals surface area contributed by atoms with Gasteiger partial charge in [-0.3, -0.25) is 9.88 Å². The molecule has 0 radical (unpaired) electrons. The van der Waals surface area contributed by atoms with Crippen LogP contribution in [-0.4, -0.2) is 29.0 Å². The van der Waals surface area contributed by atoms with E-state index in [1.807, 2.05) is 12.3 Å². The molecule has 20 heavy (non-hydrogen) atoms. The summed E-state index contributed by atoms with van der Waals surface area (Å²) in [6.07, 6.45) is 5.83. The van der Waals surface area contributed by atoms with E-state index >= 15 is 0 Å². The van der Waals surface area contributed by atoms with Crippen molar-refractivity contribution < 1.29 is 0 Å². The molecular formula is C17H21N3. The molecular weight excluding hydrogens is 246 g/mol. The van der Waals surface area contributed by atoms with Crippen LogP contribution in [0.15, 0.2) is 36.5 Å². The summed E-state index contributed by atoms with van der Waals surface area (Å²) in [6.45, 7) is 1.97. The van der Waals surface area contributed by atoms with Gasteiger partial charge < -0.3 is 5.73 Å². The van der Waals surface area contributed by atoms with Crippen molar-refractivity contribution in [3.8, 4) is 0 Å². The van der Waals surface area contributed by atoms with E-state index in [0.717, 1.165) is 18.1 Å². The zero-order valence-corrected chi connectivity index (χ0v) is 11.7. The maximum atomic E-state index is 6.04. The Hall–Kier alpha value is -1.45. The van der Waals surface area contributed by atoms with Crippen LogP contribution in [0.5, 0.6) is 0 Å². The molecule has 2 aliphatic rings. The van der Waals surface area contributed by atoms with Crippen LogP contribution in [0.1, 0.15) is 30.9 Å². The maximum Gasteiger partial charge on any atom is 0.0749 e. The molecule has 1 aromatic carbocycles. The molecule has 1 saturated carbocycles. The van der Waals surface area contributed by atoms with Crippen molar-refractivity contribution in [1.29, 1.82) is 0 Å². The standard InChI is InChI=1S/C17H21N3/c18-11-13-8-10-20(14-6-7-14)17(13)15-5-1-3-12-4-2-9-19-16(12)15/h1-5,9,13-14,17H,6-8,10-11,18H2. The van der Waals surface area contributed by atoms with Gasteiger partial charge in [0, 0.05) is 23.7 Å². The monoisotopic (exact) mass is 267 g/mol. The van der Waals surface area contributed by atoms with Gasteiger partial charge in [0.25, 0.3) is 0 Å². The van der Waals surface area contributed by atoms with Crippen molar-refractivity contribution in [2.24, 2.45) is 11.7 Å². The van der Waals surface area contributed by atoms with Crippen molar-refractivity contribution in [3.05, 3.63) is 42.1 Å². The molecule has 1 aromatic heterocycles. The minimum Gasteiger partial charge on any atom is -0.330 e. The van der Waals surface area contributed by atoms with Crippen molar-refractivity contribution in [3.63, 3.8) is 0 Å². The Labute approximate surface area is 119 Å². The average Bonchev–Trinajstić information content (AvgIpc) is 3.26. The molecule has 1 saturated heterocycles. The fourth-order valence-electron chi connectivity index (χ4n) is 3.74. The van der Waals surface area contributed by atoms with E-state index in [1.165, 1.54) is 36.8 Å². The molecule has 2 N–H and O–H groups in total. The maximum absolute atomic E-state index is 6.04. The zero-order chi connectivity index (χ0) is 13.5.